The molecule has 1 heterocycles. The normalized spacial score (nSPS) is 13.4. The lowest BCUT2D eigenvalue weighted by Crippen LogP contribution is -2.15. The lowest BCUT2D eigenvalue weighted by molar-refractivity contribution is 0.598. The van der Waals surface area contributed by atoms with Crippen LogP contribution in [0.15, 0.2) is 23.4 Å². The van der Waals surface area contributed by atoms with Gasteiger partial charge in [0.2, 0.25) is 0 Å². The molecule has 0 fully saturated rings. The van der Waals surface area contributed by atoms with E-state index in [0.717, 1.165) is 18.4 Å². The first kappa shape index (κ1) is 14.0. The minimum Gasteiger partial charge on any atom is -0.381 e. The molecule has 0 amide bonds. The summed E-state index contributed by atoms with van der Waals surface area (Å²) < 4.78 is 22.4. The molecule has 17 heavy (non-hydrogen) atoms. The van der Waals surface area contributed by atoms with Gasteiger partial charge in [-0.3, -0.25) is 0 Å². The largest absolute Gasteiger partial charge is 0.381 e. The van der Waals surface area contributed by atoms with E-state index in [1.165, 1.54) is 18.9 Å². The molecule has 1 N–H and O–H groups in total. The van der Waals surface area contributed by atoms with E-state index >= 15 is 0 Å². The molecule has 0 spiro atoms. The Balaban J connectivity index is 2.63. The van der Waals surface area contributed by atoms with Crippen LogP contribution in [0, 0.1) is 0 Å². The number of sulfone groups is 1. The Labute approximate surface area is 103 Å². The number of rotatable bonds is 6. The Kier molecular flexibility index (Phi) is 4.93. The first-order valence-corrected chi connectivity index (χ1v) is 7.75. The zero-order chi connectivity index (χ0) is 12.9. The zero-order valence-corrected chi connectivity index (χ0v) is 11.4. The van der Waals surface area contributed by atoms with Crippen LogP contribution in [-0.4, -0.2) is 25.7 Å². The second-order valence-electron chi connectivity index (χ2n) is 4.34. The molecule has 1 unspecified atom stereocenters. The number of aromatic nitrogens is 1. The van der Waals surface area contributed by atoms with E-state index < -0.39 is 9.84 Å². The lowest BCUT2D eigenvalue weighted by Gasteiger charge is -2.14. The van der Waals surface area contributed by atoms with Gasteiger partial charge in [0.05, 0.1) is 11.9 Å². The predicted octanol–water partition coefficient (Wildman–Crippen LogP) is 2.48. The van der Waals surface area contributed by atoms with Crippen molar-refractivity contribution in [2.45, 2.75) is 44.2 Å². The maximum absolute atomic E-state index is 11.2. The van der Waals surface area contributed by atoms with Crippen molar-refractivity contribution in [1.29, 1.82) is 0 Å². The van der Waals surface area contributed by atoms with Gasteiger partial charge in [-0.2, -0.15) is 0 Å². The number of hydrogen-bond acceptors (Lipinski definition) is 4. The van der Waals surface area contributed by atoms with E-state index in [1.807, 2.05) is 0 Å². The predicted molar refractivity (Wildman–Crippen MR) is 70.0 cm³/mol. The van der Waals surface area contributed by atoms with Gasteiger partial charge in [-0.15, -0.1) is 0 Å². The molecule has 0 bridgehead atoms. The molecule has 5 heteroatoms. The number of unbranched alkanes of at least 4 members (excludes halogenated alkanes) is 1. The van der Waals surface area contributed by atoms with Gasteiger partial charge in [-0.05, 0) is 25.5 Å². The standard InChI is InChI=1S/C12H20N2O2S/c1-4-5-6-10(2)14-11-7-8-12(13-9-11)17(3,15)16/h7-10,14H,4-6H2,1-3H3. The Bertz CT molecular complexity index is 440. The summed E-state index contributed by atoms with van der Waals surface area (Å²) in [7, 11) is -3.20. The fourth-order valence-electron chi connectivity index (χ4n) is 1.55. The molecule has 0 aromatic carbocycles. The Morgan fingerprint density at radius 1 is 1.41 bits per heavy atom. The highest BCUT2D eigenvalue weighted by molar-refractivity contribution is 7.90. The third kappa shape index (κ3) is 4.73. The van der Waals surface area contributed by atoms with E-state index in [2.05, 4.69) is 24.1 Å². The molecule has 1 rings (SSSR count). The summed E-state index contributed by atoms with van der Waals surface area (Å²) in [5.74, 6) is 0. The van der Waals surface area contributed by atoms with Crippen LogP contribution < -0.4 is 5.32 Å². The fraction of sp³-hybridized carbons (Fsp3) is 0.583. The second kappa shape index (κ2) is 6.00. The van der Waals surface area contributed by atoms with Gasteiger partial charge < -0.3 is 5.32 Å². The van der Waals surface area contributed by atoms with Crippen molar-refractivity contribution in [2.24, 2.45) is 0 Å². The van der Waals surface area contributed by atoms with Crippen LogP contribution in [0.5, 0.6) is 0 Å². The number of nitrogens with one attached hydrogen (secondary N) is 1. The molecule has 0 aliphatic heterocycles. The first-order valence-electron chi connectivity index (χ1n) is 5.86. The summed E-state index contributed by atoms with van der Waals surface area (Å²) in [5, 5.41) is 3.41. The van der Waals surface area contributed by atoms with Crippen LogP contribution in [0.25, 0.3) is 0 Å². The van der Waals surface area contributed by atoms with Crippen molar-refractivity contribution in [3.63, 3.8) is 0 Å². The van der Waals surface area contributed by atoms with Crippen LogP contribution in [0.4, 0.5) is 5.69 Å². The first-order chi connectivity index (χ1) is 7.93. The molecule has 1 aromatic heterocycles. The van der Waals surface area contributed by atoms with Gasteiger partial charge in [0.25, 0.3) is 0 Å². The average Bonchev–Trinajstić information content (AvgIpc) is 2.26. The van der Waals surface area contributed by atoms with Gasteiger partial charge in [0.15, 0.2) is 14.9 Å². The monoisotopic (exact) mass is 256 g/mol. The quantitative estimate of drug-likeness (QED) is 0.849. The maximum Gasteiger partial charge on any atom is 0.192 e. The SMILES string of the molecule is CCCCC(C)Nc1ccc(S(C)(=O)=O)nc1. The van der Waals surface area contributed by atoms with Crippen LogP contribution in [0.3, 0.4) is 0 Å². The number of pyridine rings is 1. The third-order valence-electron chi connectivity index (χ3n) is 2.52. The average molecular weight is 256 g/mol. The molecule has 1 atom stereocenters. The van der Waals surface area contributed by atoms with Gasteiger partial charge in [0, 0.05) is 12.3 Å². The highest BCUT2D eigenvalue weighted by Crippen LogP contribution is 2.13. The van der Waals surface area contributed by atoms with Crippen LogP contribution in [0.1, 0.15) is 33.1 Å². The maximum atomic E-state index is 11.2. The second-order valence-corrected chi connectivity index (χ2v) is 6.31. The third-order valence-corrected chi connectivity index (χ3v) is 3.52. The number of nitrogens with zero attached hydrogens (tertiary/aromatic N) is 1. The van der Waals surface area contributed by atoms with Crippen LogP contribution >= 0.6 is 0 Å². The zero-order valence-electron chi connectivity index (χ0n) is 10.6. The Morgan fingerprint density at radius 2 is 2.12 bits per heavy atom. The van der Waals surface area contributed by atoms with Gasteiger partial charge >= 0.3 is 0 Å². The topological polar surface area (TPSA) is 59.1 Å². The summed E-state index contributed by atoms with van der Waals surface area (Å²) in [6.45, 7) is 4.27. The van der Waals surface area contributed by atoms with Crippen molar-refractivity contribution in [2.75, 3.05) is 11.6 Å². The molecule has 4 nitrogen and oxygen atoms in total. The molecule has 0 radical (unpaired) electrons. The summed E-state index contributed by atoms with van der Waals surface area (Å²) in [4.78, 5) is 3.93. The van der Waals surface area contributed by atoms with E-state index in [1.54, 1.807) is 12.3 Å². The van der Waals surface area contributed by atoms with E-state index in [0.29, 0.717) is 6.04 Å². The van der Waals surface area contributed by atoms with Crippen LogP contribution in [-0.2, 0) is 9.84 Å². The van der Waals surface area contributed by atoms with E-state index in [4.69, 9.17) is 0 Å². The Hall–Kier alpha value is -1.10. The molecule has 0 saturated heterocycles. The minimum absolute atomic E-state index is 0.115. The molecule has 96 valence electrons. The molecule has 0 aliphatic carbocycles. The van der Waals surface area contributed by atoms with E-state index in [-0.39, 0.29) is 5.03 Å². The highest BCUT2D eigenvalue weighted by Gasteiger charge is 2.08. The van der Waals surface area contributed by atoms with Gasteiger partial charge in [0.1, 0.15) is 0 Å². The number of hydrogen-bond donors (Lipinski definition) is 1. The van der Waals surface area contributed by atoms with Crippen molar-refractivity contribution in [3.05, 3.63) is 18.3 Å². The summed E-state index contributed by atoms with van der Waals surface area (Å²) in [6.07, 6.45) is 6.19. The smallest absolute Gasteiger partial charge is 0.192 e. The number of anilines is 1. The molecular weight excluding hydrogens is 236 g/mol. The molecule has 1 aromatic rings. The van der Waals surface area contributed by atoms with Crippen molar-refractivity contribution in [1.82, 2.24) is 4.98 Å². The van der Waals surface area contributed by atoms with Crippen molar-refractivity contribution >= 4 is 15.5 Å². The summed E-state index contributed by atoms with van der Waals surface area (Å²) in [5.41, 5.74) is 0.862. The van der Waals surface area contributed by atoms with Crippen molar-refractivity contribution < 1.29 is 8.42 Å². The summed E-state index contributed by atoms with van der Waals surface area (Å²) in [6, 6.07) is 3.66. The molecular formula is C12H20N2O2S. The van der Waals surface area contributed by atoms with Crippen LogP contribution in [0.2, 0.25) is 0 Å². The van der Waals surface area contributed by atoms with Gasteiger partial charge in [-0.25, -0.2) is 13.4 Å². The minimum atomic E-state index is -3.20. The highest BCUT2D eigenvalue weighted by atomic mass is 32.2. The van der Waals surface area contributed by atoms with Gasteiger partial charge in [-0.1, -0.05) is 19.8 Å². The lowest BCUT2D eigenvalue weighted by atomic mass is 10.1. The summed E-state index contributed by atoms with van der Waals surface area (Å²) >= 11 is 0. The Morgan fingerprint density at radius 3 is 2.59 bits per heavy atom. The molecule has 0 saturated carbocycles. The van der Waals surface area contributed by atoms with Crippen molar-refractivity contribution in [3.8, 4) is 0 Å². The van der Waals surface area contributed by atoms with E-state index in [9.17, 15) is 8.42 Å². The molecule has 0 aliphatic rings. The fourth-order valence-corrected chi connectivity index (χ4v) is 2.11.